The number of amides is 2. The molecule has 1 aliphatic rings. The molecule has 1 aromatic heterocycles. The van der Waals surface area contributed by atoms with Crippen LogP contribution in [-0.4, -0.2) is 21.4 Å². The van der Waals surface area contributed by atoms with Gasteiger partial charge in [-0.05, 0) is 36.8 Å². The third kappa shape index (κ3) is 3.51. The molecule has 1 unspecified atom stereocenters. The second-order valence-electron chi connectivity index (χ2n) is 7.93. The zero-order chi connectivity index (χ0) is 22.2. The standard InChI is InChI=1S/C25H21FN4O2/c1-16-10-12-17(13-11-16)15-29-24(32)22(14-23(31)27-19-7-3-2-6-18(19)26)30-21-9-5-4-8-20(21)28-25(29)30/h2-13,22H,14-15H2,1H3,(H,27,31). The predicted octanol–water partition coefficient (Wildman–Crippen LogP) is 4.60. The van der Waals surface area contributed by atoms with Crippen molar-refractivity contribution in [2.75, 3.05) is 10.2 Å². The number of carbonyl (C=O) groups is 2. The quantitative estimate of drug-likeness (QED) is 0.505. The van der Waals surface area contributed by atoms with E-state index in [0.29, 0.717) is 12.5 Å². The molecule has 0 spiro atoms. The van der Waals surface area contributed by atoms with Gasteiger partial charge in [-0.3, -0.25) is 19.1 Å². The van der Waals surface area contributed by atoms with Crippen LogP contribution in [0.5, 0.6) is 0 Å². The maximum atomic E-state index is 14.0. The lowest BCUT2D eigenvalue weighted by Gasteiger charge is -2.16. The molecule has 0 bridgehead atoms. The molecule has 0 aliphatic carbocycles. The van der Waals surface area contributed by atoms with E-state index in [0.717, 1.165) is 22.2 Å². The Bertz CT molecular complexity index is 1330. The number of carbonyl (C=O) groups excluding carboxylic acids is 2. The Kier molecular flexibility index (Phi) is 4.93. The highest BCUT2D eigenvalue weighted by Crippen LogP contribution is 2.37. The second-order valence-corrected chi connectivity index (χ2v) is 7.93. The molecule has 7 heteroatoms. The fourth-order valence-electron chi connectivity index (χ4n) is 4.06. The van der Waals surface area contributed by atoms with E-state index in [2.05, 4.69) is 10.3 Å². The van der Waals surface area contributed by atoms with E-state index >= 15 is 0 Å². The molecule has 0 radical (unpaired) electrons. The van der Waals surface area contributed by atoms with Crippen LogP contribution in [0, 0.1) is 12.7 Å². The maximum Gasteiger partial charge on any atom is 0.253 e. The van der Waals surface area contributed by atoms with Crippen LogP contribution in [0.25, 0.3) is 11.0 Å². The lowest BCUT2D eigenvalue weighted by atomic mass is 10.1. The van der Waals surface area contributed by atoms with E-state index < -0.39 is 17.8 Å². The van der Waals surface area contributed by atoms with Crippen LogP contribution in [0.1, 0.15) is 23.6 Å². The van der Waals surface area contributed by atoms with Crippen molar-refractivity contribution < 1.29 is 14.0 Å². The number of rotatable bonds is 5. The first-order chi connectivity index (χ1) is 15.5. The molecule has 3 aromatic carbocycles. The van der Waals surface area contributed by atoms with Gasteiger partial charge in [0, 0.05) is 0 Å². The van der Waals surface area contributed by atoms with Crippen molar-refractivity contribution >= 4 is 34.5 Å². The number of nitrogens with one attached hydrogen (secondary N) is 1. The zero-order valence-corrected chi connectivity index (χ0v) is 17.5. The number of para-hydroxylation sites is 3. The average Bonchev–Trinajstić information content (AvgIpc) is 3.27. The van der Waals surface area contributed by atoms with E-state index in [1.165, 1.54) is 12.1 Å². The number of hydrogen-bond donors (Lipinski definition) is 1. The van der Waals surface area contributed by atoms with Gasteiger partial charge in [-0.2, -0.15) is 0 Å². The van der Waals surface area contributed by atoms with Crippen molar-refractivity contribution in [3.8, 4) is 0 Å². The van der Waals surface area contributed by atoms with Gasteiger partial charge >= 0.3 is 0 Å². The summed E-state index contributed by atoms with van der Waals surface area (Å²) < 4.78 is 15.8. The molecule has 1 N–H and O–H groups in total. The Morgan fingerprint density at radius 2 is 1.75 bits per heavy atom. The van der Waals surface area contributed by atoms with Crippen LogP contribution < -0.4 is 10.2 Å². The molecule has 2 amide bonds. The minimum atomic E-state index is -0.755. The van der Waals surface area contributed by atoms with Crippen LogP contribution in [-0.2, 0) is 16.1 Å². The molecule has 160 valence electrons. The SMILES string of the molecule is Cc1ccc(CN2C(=O)C(CC(=O)Nc3ccccc3F)n3c2nc2ccccc23)cc1. The van der Waals surface area contributed by atoms with Gasteiger partial charge < -0.3 is 5.32 Å². The summed E-state index contributed by atoms with van der Waals surface area (Å²) in [5, 5.41) is 2.58. The van der Waals surface area contributed by atoms with Crippen LogP contribution in [0.3, 0.4) is 0 Å². The number of aromatic nitrogens is 2. The Hall–Kier alpha value is -4.00. The summed E-state index contributed by atoms with van der Waals surface area (Å²) in [4.78, 5) is 32.4. The number of halogens is 1. The molecular formula is C25H21FN4O2. The van der Waals surface area contributed by atoms with Gasteiger partial charge in [0.15, 0.2) is 0 Å². The van der Waals surface area contributed by atoms with E-state index in [1.807, 2.05) is 60.0 Å². The lowest BCUT2D eigenvalue weighted by Crippen LogP contribution is -2.31. The second kappa shape index (κ2) is 7.92. The third-order valence-corrected chi connectivity index (χ3v) is 5.67. The van der Waals surface area contributed by atoms with Crippen LogP contribution in [0.15, 0.2) is 72.8 Å². The van der Waals surface area contributed by atoms with Crippen molar-refractivity contribution in [1.82, 2.24) is 9.55 Å². The number of benzene rings is 3. The molecule has 2 heterocycles. The number of imidazole rings is 1. The van der Waals surface area contributed by atoms with Crippen LogP contribution in [0.2, 0.25) is 0 Å². The molecule has 1 atom stereocenters. The van der Waals surface area contributed by atoms with Gasteiger partial charge in [0.25, 0.3) is 5.91 Å². The lowest BCUT2D eigenvalue weighted by molar-refractivity contribution is -0.124. The molecule has 32 heavy (non-hydrogen) atoms. The van der Waals surface area contributed by atoms with Gasteiger partial charge in [0.05, 0.1) is 29.7 Å². The van der Waals surface area contributed by atoms with Gasteiger partial charge in [-0.15, -0.1) is 0 Å². The molecule has 0 saturated heterocycles. The number of nitrogens with zero attached hydrogens (tertiary/aromatic N) is 3. The Morgan fingerprint density at radius 3 is 2.53 bits per heavy atom. The zero-order valence-electron chi connectivity index (χ0n) is 17.5. The summed E-state index contributed by atoms with van der Waals surface area (Å²) in [6, 6.07) is 20.7. The van der Waals surface area contributed by atoms with E-state index in [4.69, 9.17) is 0 Å². The summed E-state index contributed by atoms with van der Waals surface area (Å²) in [5.41, 5.74) is 3.74. The van der Waals surface area contributed by atoms with Gasteiger partial charge in [0.1, 0.15) is 11.9 Å². The summed E-state index contributed by atoms with van der Waals surface area (Å²) >= 11 is 0. The van der Waals surface area contributed by atoms with E-state index in [1.54, 1.807) is 17.0 Å². The van der Waals surface area contributed by atoms with Crippen molar-refractivity contribution in [3.63, 3.8) is 0 Å². The summed E-state index contributed by atoms with van der Waals surface area (Å²) in [6.07, 6.45) is -0.120. The normalized spacial score (nSPS) is 15.2. The largest absolute Gasteiger partial charge is 0.324 e. The monoisotopic (exact) mass is 428 g/mol. The van der Waals surface area contributed by atoms with Crippen LogP contribution >= 0.6 is 0 Å². The Labute approximate surface area is 184 Å². The van der Waals surface area contributed by atoms with Crippen molar-refractivity contribution in [2.24, 2.45) is 0 Å². The van der Waals surface area contributed by atoms with Gasteiger partial charge in [-0.1, -0.05) is 54.1 Å². The summed E-state index contributed by atoms with van der Waals surface area (Å²) in [5.74, 6) is -0.647. The minimum Gasteiger partial charge on any atom is -0.324 e. The third-order valence-electron chi connectivity index (χ3n) is 5.67. The molecular weight excluding hydrogens is 407 g/mol. The molecule has 4 aromatic rings. The van der Waals surface area contributed by atoms with Gasteiger partial charge in [-0.25, -0.2) is 9.37 Å². The smallest absolute Gasteiger partial charge is 0.253 e. The Morgan fingerprint density at radius 1 is 1.03 bits per heavy atom. The van der Waals surface area contributed by atoms with Crippen molar-refractivity contribution in [3.05, 3.63) is 89.7 Å². The fraction of sp³-hybridized carbons (Fsp3) is 0.160. The first-order valence-electron chi connectivity index (χ1n) is 10.4. The number of fused-ring (bicyclic) bond motifs is 3. The van der Waals surface area contributed by atoms with E-state index in [9.17, 15) is 14.0 Å². The van der Waals surface area contributed by atoms with Crippen LogP contribution in [0.4, 0.5) is 16.0 Å². The van der Waals surface area contributed by atoms with Crippen molar-refractivity contribution in [2.45, 2.75) is 25.9 Å². The average molecular weight is 428 g/mol. The summed E-state index contributed by atoms with van der Waals surface area (Å²) in [6.45, 7) is 2.36. The first-order valence-corrected chi connectivity index (χ1v) is 10.4. The molecule has 0 fully saturated rings. The van der Waals surface area contributed by atoms with E-state index in [-0.39, 0.29) is 18.0 Å². The van der Waals surface area contributed by atoms with Crippen molar-refractivity contribution in [1.29, 1.82) is 0 Å². The first kappa shape index (κ1) is 19.9. The maximum absolute atomic E-state index is 14.0. The summed E-state index contributed by atoms with van der Waals surface area (Å²) in [7, 11) is 0. The highest BCUT2D eigenvalue weighted by molar-refractivity contribution is 6.05. The number of aryl methyl sites for hydroxylation is 1. The minimum absolute atomic E-state index is 0.0928. The highest BCUT2D eigenvalue weighted by atomic mass is 19.1. The molecule has 0 saturated carbocycles. The molecule has 5 rings (SSSR count). The molecule has 6 nitrogen and oxygen atoms in total. The number of hydrogen-bond acceptors (Lipinski definition) is 3. The molecule has 1 aliphatic heterocycles. The fourth-order valence-corrected chi connectivity index (χ4v) is 4.06. The Balaban J connectivity index is 1.48. The van der Waals surface area contributed by atoms with Gasteiger partial charge in [0.2, 0.25) is 11.9 Å². The highest BCUT2D eigenvalue weighted by Gasteiger charge is 2.40. The predicted molar refractivity (Wildman–Crippen MR) is 121 cm³/mol. The number of anilines is 2. The topological polar surface area (TPSA) is 67.2 Å².